The van der Waals surface area contributed by atoms with Crippen molar-refractivity contribution in [3.63, 3.8) is 0 Å². The average Bonchev–Trinajstić information content (AvgIpc) is 2.78. The van der Waals surface area contributed by atoms with Gasteiger partial charge in [0.15, 0.2) is 0 Å². The molecule has 0 amide bonds. The van der Waals surface area contributed by atoms with Crippen molar-refractivity contribution in [1.82, 2.24) is 5.32 Å². The second-order valence-electron chi connectivity index (χ2n) is 4.46. The van der Waals surface area contributed by atoms with Crippen LogP contribution in [0, 0.1) is 12.3 Å². The third kappa shape index (κ3) is 3.06. The third-order valence-corrected chi connectivity index (χ3v) is 4.44. The third-order valence-electron chi connectivity index (χ3n) is 3.19. The first-order chi connectivity index (χ1) is 8.35. The van der Waals surface area contributed by atoms with Gasteiger partial charge in [0.05, 0.1) is 6.04 Å². The van der Waals surface area contributed by atoms with Crippen molar-refractivity contribution in [2.45, 2.75) is 36.6 Å². The molecule has 2 unspecified atom stereocenters. The molecular weight excluding hydrogens is 226 g/mol. The van der Waals surface area contributed by atoms with E-state index >= 15 is 0 Å². The Kier molecular flexibility index (Phi) is 4.53. The Morgan fingerprint density at radius 2 is 2.35 bits per heavy atom. The van der Waals surface area contributed by atoms with Crippen LogP contribution in [0.15, 0.2) is 29.2 Å². The first-order valence-electron chi connectivity index (χ1n) is 6.26. The van der Waals surface area contributed by atoms with Crippen molar-refractivity contribution in [2.24, 2.45) is 0 Å². The van der Waals surface area contributed by atoms with Gasteiger partial charge in [0.1, 0.15) is 0 Å². The van der Waals surface area contributed by atoms with Crippen molar-refractivity contribution >= 4 is 11.8 Å². The number of nitrogens with one attached hydrogen (secondary N) is 1. The number of thioether (sulfide) groups is 1. The zero-order valence-electron chi connectivity index (χ0n) is 10.3. The van der Waals surface area contributed by atoms with Crippen LogP contribution in [0.3, 0.4) is 0 Å². The smallest absolute Gasteiger partial charge is 0.0687 e. The average molecular weight is 245 g/mol. The molecule has 0 saturated carbocycles. The van der Waals surface area contributed by atoms with Crippen molar-refractivity contribution in [3.8, 4) is 12.3 Å². The molecule has 0 saturated heterocycles. The van der Waals surface area contributed by atoms with Gasteiger partial charge in [-0.2, -0.15) is 0 Å². The van der Waals surface area contributed by atoms with Crippen LogP contribution in [0.4, 0.5) is 0 Å². The second kappa shape index (κ2) is 6.14. The molecule has 0 fully saturated rings. The summed E-state index contributed by atoms with van der Waals surface area (Å²) in [5.41, 5.74) is 1.48. The summed E-state index contributed by atoms with van der Waals surface area (Å²) in [5, 5.41) is 3.50. The monoisotopic (exact) mass is 245 g/mol. The van der Waals surface area contributed by atoms with E-state index in [2.05, 4.69) is 42.4 Å². The van der Waals surface area contributed by atoms with Crippen molar-refractivity contribution < 1.29 is 0 Å². The first kappa shape index (κ1) is 12.5. The predicted molar refractivity (Wildman–Crippen MR) is 75.4 cm³/mol. The highest BCUT2D eigenvalue weighted by Gasteiger charge is 2.22. The van der Waals surface area contributed by atoms with E-state index in [0.29, 0.717) is 5.92 Å². The Morgan fingerprint density at radius 1 is 1.53 bits per heavy atom. The normalized spacial score (nSPS) is 19.6. The van der Waals surface area contributed by atoms with Crippen LogP contribution < -0.4 is 5.32 Å². The quantitative estimate of drug-likeness (QED) is 0.799. The largest absolute Gasteiger partial charge is 0.303 e. The molecule has 17 heavy (non-hydrogen) atoms. The molecule has 2 rings (SSSR count). The minimum absolute atomic E-state index is 0.234. The molecule has 2 atom stereocenters. The molecule has 2 heteroatoms. The highest BCUT2D eigenvalue weighted by molar-refractivity contribution is 7.99. The van der Waals surface area contributed by atoms with Gasteiger partial charge in [0.2, 0.25) is 0 Å². The lowest BCUT2D eigenvalue weighted by Gasteiger charge is -2.16. The van der Waals surface area contributed by atoms with E-state index in [1.807, 2.05) is 11.8 Å². The molecule has 1 aliphatic rings. The molecule has 1 N–H and O–H groups in total. The zero-order chi connectivity index (χ0) is 12.1. The Morgan fingerprint density at radius 3 is 3.12 bits per heavy atom. The lowest BCUT2D eigenvalue weighted by molar-refractivity contribution is 0.536. The van der Waals surface area contributed by atoms with Gasteiger partial charge < -0.3 is 5.32 Å². The fraction of sp³-hybridized carbons (Fsp3) is 0.467. The number of hydrogen-bond acceptors (Lipinski definition) is 2. The summed E-state index contributed by atoms with van der Waals surface area (Å²) in [6.07, 6.45) is 7.72. The molecule has 1 aliphatic heterocycles. The van der Waals surface area contributed by atoms with E-state index < -0.39 is 0 Å². The Balaban J connectivity index is 1.92. The van der Waals surface area contributed by atoms with Crippen LogP contribution >= 0.6 is 11.8 Å². The van der Waals surface area contributed by atoms with Crippen LogP contribution in [-0.4, -0.2) is 18.3 Å². The fourth-order valence-corrected chi connectivity index (χ4v) is 3.47. The van der Waals surface area contributed by atoms with Gasteiger partial charge in [0.25, 0.3) is 0 Å². The summed E-state index contributed by atoms with van der Waals surface area (Å²) in [6.45, 7) is 3.17. The lowest BCUT2D eigenvalue weighted by atomic mass is 10.0. The van der Waals surface area contributed by atoms with Gasteiger partial charge in [-0.3, -0.25) is 0 Å². The van der Waals surface area contributed by atoms with Gasteiger partial charge >= 0.3 is 0 Å². The van der Waals surface area contributed by atoms with Gasteiger partial charge in [-0.15, -0.1) is 18.2 Å². The molecule has 1 nitrogen and oxygen atoms in total. The molecule has 0 aliphatic carbocycles. The van der Waals surface area contributed by atoms with Crippen LogP contribution in [0.25, 0.3) is 0 Å². The molecule has 1 heterocycles. The first-order valence-corrected chi connectivity index (χ1v) is 7.25. The van der Waals surface area contributed by atoms with E-state index in [4.69, 9.17) is 6.42 Å². The van der Waals surface area contributed by atoms with Crippen LogP contribution in [0.5, 0.6) is 0 Å². The van der Waals surface area contributed by atoms with Gasteiger partial charge in [-0.25, -0.2) is 0 Å². The summed E-state index contributed by atoms with van der Waals surface area (Å²) in [6, 6.07) is 8.93. The molecule has 0 aromatic heterocycles. The molecule has 0 bridgehead atoms. The molecule has 1 aromatic carbocycles. The minimum atomic E-state index is 0.234. The number of terminal acetylenes is 1. The topological polar surface area (TPSA) is 12.0 Å². The summed E-state index contributed by atoms with van der Waals surface area (Å²) >= 11 is 1.96. The summed E-state index contributed by atoms with van der Waals surface area (Å²) in [5.74, 6) is 4.62. The van der Waals surface area contributed by atoms with Crippen LogP contribution in [0.2, 0.25) is 0 Å². The minimum Gasteiger partial charge on any atom is -0.303 e. The maximum absolute atomic E-state index is 5.52. The van der Waals surface area contributed by atoms with E-state index in [1.54, 1.807) is 0 Å². The zero-order valence-corrected chi connectivity index (χ0v) is 11.1. The van der Waals surface area contributed by atoms with Gasteiger partial charge in [0, 0.05) is 23.1 Å². The number of fused-ring (bicyclic) bond motifs is 1. The van der Waals surface area contributed by atoms with Gasteiger partial charge in [-0.05, 0) is 18.1 Å². The lowest BCUT2D eigenvalue weighted by Crippen LogP contribution is -2.31. The van der Waals surface area contributed by atoms with Crippen molar-refractivity contribution in [3.05, 3.63) is 29.8 Å². The Labute approximate surface area is 108 Å². The predicted octanol–water partition coefficient (Wildman–Crippen LogP) is 3.27. The molecule has 0 radical (unpaired) electrons. The summed E-state index contributed by atoms with van der Waals surface area (Å²) < 4.78 is 0. The molecule has 0 spiro atoms. The van der Waals surface area contributed by atoms with Crippen molar-refractivity contribution in [1.29, 1.82) is 0 Å². The molecular formula is C15H19NS. The molecule has 1 aromatic rings. The maximum Gasteiger partial charge on any atom is 0.0687 e. The van der Waals surface area contributed by atoms with Crippen LogP contribution in [-0.2, 0) is 0 Å². The maximum atomic E-state index is 5.52. The standard InChI is InChI=1S/C15H19NS/c1-3-7-13(4-2)16-10-12-11-17-15-9-6-5-8-14(12)15/h2,5-6,8-9,12-13,16H,3,7,10-11H2,1H3. The van der Waals surface area contributed by atoms with Crippen molar-refractivity contribution in [2.75, 3.05) is 12.3 Å². The van der Waals surface area contributed by atoms with E-state index in [1.165, 1.54) is 16.2 Å². The fourth-order valence-electron chi connectivity index (χ4n) is 2.22. The highest BCUT2D eigenvalue weighted by atomic mass is 32.2. The van der Waals surface area contributed by atoms with Crippen LogP contribution in [0.1, 0.15) is 31.2 Å². The summed E-state index contributed by atoms with van der Waals surface area (Å²) in [4.78, 5) is 1.44. The second-order valence-corrected chi connectivity index (χ2v) is 5.52. The summed E-state index contributed by atoms with van der Waals surface area (Å²) in [7, 11) is 0. The SMILES string of the molecule is C#CC(CCC)NCC1CSc2ccccc21. The number of hydrogen-bond donors (Lipinski definition) is 1. The highest BCUT2D eigenvalue weighted by Crippen LogP contribution is 2.38. The number of rotatable bonds is 5. The molecule has 90 valence electrons. The number of benzene rings is 1. The Bertz CT molecular complexity index is 408. The van der Waals surface area contributed by atoms with Gasteiger partial charge in [-0.1, -0.05) is 37.5 Å². The Hall–Kier alpha value is -0.910. The van der Waals surface area contributed by atoms with E-state index in [9.17, 15) is 0 Å². The van der Waals surface area contributed by atoms with E-state index in [-0.39, 0.29) is 6.04 Å². The van der Waals surface area contributed by atoms with E-state index in [0.717, 1.165) is 19.4 Å².